The van der Waals surface area contributed by atoms with Gasteiger partial charge >= 0.3 is 0 Å². The van der Waals surface area contributed by atoms with E-state index in [1.807, 2.05) is 40.6 Å². The van der Waals surface area contributed by atoms with Gasteiger partial charge < -0.3 is 33.5 Å². The number of rotatable bonds is 12. The number of carbonyl (C=O) groups is 2. The van der Waals surface area contributed by atoms with Crippen LogP contribution < -0.4 is 18.9 Å². The number of methoxy groups -OCH3 is 2. The molecule has 0 aliphatic carbocycles. The molecule has 40 heavy (non-hydrogen) atoms. The van der Waals surface area contributed by atoms with Gasteiger partial charge in [0, 0.05) is 30.1 Å². The van der Waals surface area contributed by atoms with Crippen LogP contribution in [0, 0.1) is 0 Å². The first-order chi connectivity index (χ1) is 19.5. The Hall–Kier alpha value is -3.76. The zero-order chi connectivity index (χ0) is 27.9. The van der Waals surface area contributed by atoms with Crippen molar-refractivity contribution >= 4 is 23.2 Å². The molecule has 0 N–H and O–H groups in total. The number of hydrogen-bond donors (Lipinski definition) is 0. The highest BCUT2D eigenvalue weighted by Gasteiger charge is 2.28. The van der Waals surface area contributed by atoms with E-state index in [1.165, 1.54) is 0 Å². The topological polar surface area (TPSA) is 86.8 Å². The molecule has 9 nitrogen and oxygen atoms in total. The van der Waals surface area contributed by atoms with Crippen LogP contribution in [0.15, 0.2) is 53.9 Å². The van der Waals surface area contributed by atoms with Gasteiger partial charge in [-0.25, -0.2) is 0 Å². The Morgan fingerprint density at radius 1 is 1.00 bits per heavy atom. The van der Waals surface area contributed by atoms with E-state index in [9.17, 15) is 9.59 Å². The van der Waals surface area contributed by atoms with Crippen molar-refractivity contribution in [1.82, 2.24) is 9.80 Å². The fourth-order valence-electron chi connectivity index (χ4n) is 4.91. The maximum Gasteiger partial charge on any atom is 0.254 e. The molecule has 3 aromatic rings. The van der Waals surface area contributed by atoms with E-state index in [4.69, 9.17) is 23.7 Å². The van der Waals surface area contributed by atoms with E-state index in [-0.39, 0.29) is 31.3 Å². The van der Waals surface area contributed by atoms with Crippen molar-refractivity contribution in [2.45, 2.75) is 31.9 Å². The summed E-state index contributed by atoms with van der Waals surface area (Å²) in [6.07, 6.45) is 2.33. The number of amides is 2. The highest BCUT2D eigenvalue weighted by molar-refractivity contribution is 7.09. The summed E-state index contributed by atoms with van der Waals surface area (Å²) in [5, 5.41) is 2.00. The second-order valence-electron chi connectivity index (χ2n) is 9.72. The monoisotopic (exact) mass is 566 g/mol. The Labute approximate surface area is 238 Å². The summed E-state index contributed by atoms with van der Waals surface area (Å²) in [7, 11) is 3.21. The normalized spacial score (nSPS) is 15.6. The van der Waals surface area contributed by atoms with Gasteiger partial charge in [0.1, 0.15) is 6.54 Å². The average Bonchev–Trinajstić information content (AvgIpc) is 3.77. The molecule has 0 saturated carbocycles. The molecule has 10 heteroatoms. The summed E-state index contributed by atoms with van der Waals surface area (Å²) in [5.41, 5.74) is 1.47. The second-order valence-corrected chi connectivity index (χ2v) is 10.8. The van der Waals surface area contributed by atoms with Crippen molar-refractivity contribution in [2.75, 3.05) is 47.3 Å². The van der Waals surface area contributed by atoms with Gasteiger partial charge in [0.15, 0.2) is 23.0 Å². The van der Waals surface area contributed by atoms with Crippen LogP contribution in [0.4, 0.5) is 0 Å². The zero-order valence-electron chi connectivity index (χ0n) is 22.8. The summed E-state index contributed by atoms with van der Waals surface area (Å²) in [6.45, 7) is 2.04. The van der Waals surface area contributed by atoms with Gasteiger partial charge in [0.2, 0.25) is 12.7 Å². The van der Waals surface area contributed by atoms with Gasteiger partial charge in [-0.1, -0.05) is 12.1 Å². The van der Waals surface area contributed by atoms with Crippen molar-refractivity contribution in [3.05, 3.63) is 69.9 Å². The maximum absolute atomic E-state index is 13.8. The molecule has 0 spiro atoms. The smallest absolute Gasteiger partial charge is 0.254 e. The Morgan fingerprint density at radius 2 is 1.85 bits per heavy atom. The van der Waals surface area contributed by atoms with Crippen molar-refractivity contribution in [3.63, 3.8) is 0 Å². The van der Waals surface area contributed by atoms with E-state index in [0.717, 1.165) is 23.3 Å². The first kappa shape index (κ1) is 27.8. The molecule has 212 valence electrons. The summed E-state index contributed by atoms with van der Waals surface area (Å²) >= 11 is 1.60. The maximum atomic E-state index is 13.8. The van der Waals surface area contributed by atoms with Crippen molar-refractivity contribution in [1.29, 1.82) is 0 Å². The number of nitrogens with zero attached hydrogens (tertiary/aromatic N) is 2. The molecule has 1 saturated heterocycles. The second kappa shape index (κ2) is 13.1. The van der Waals surface area contributed by atoms with E-state index in [2.05, 4.69) is 0 Å². The summed E-state index contributed by atoms with van der Waals surface area (Å²) < 4.78 is 27.5. The van der Waals surface area contributed by atoms with E-state index in [0.29, 0.717) is 61.2 Å². The molecule has 2 aromatic carbocycles. The largest absolute Gasteiger partial charge is 0.493 e. The molecular formula is C30H34N2O7S. The molecule has 2 aliphatic heterocycles. The van der Waals surface area contributed by atoms with Crippen molar-refractivity contribution < 1.29 is 33.3 Å². The van der Waals surface area contributed by atoms with Crippen LogP contribution in [0.1, 0.15) is 33.6 Å². The van der Waals surface area contributed by atoms with Crippen LogP contribution in [0.2, 0.25) is 0 Å². The molecule has 3 heterocycles. The molecule has 1 unspecified atom stereocenters. The number of hydrogen-bond acceptors (Lipinski definition) is 8. The Balaban J connectivity index is 1.33. The lowest BCUT2D eigenvalue weighted by Crippen LogP contribution is -2.45. The molecule has 2 aliphatic rings. The van der Waals surface area contributed by atoms with Crippen LogP contribution in [0.3, 0.4) is 0 Å². The van der Waals surface area contributed by atoms with Gasteiger partial charge in [-0.3, -0.25) is 9.59 Å². The third-order valence-electron chi connectivity index (χ3n) is 7.08. The minimum atomic E-state index is -0.238. The lowest BCUT2D eigenvalue weighted by atomic mass is 10.1. The van der Waals surface area contributed by atoms with E-state index < -0.39 is 0 Å². The molecule has 5 rings (SSSR count). The van der Waals surface area contributed by atoms with Crippen LogP contribution in [-0.2, 0) is 22.5 Å². The summed E-state index contributed by atoms with van der Waals surface area (Å²) in [4.78, 5) is 32.0. The van der Waals surface area contributed by atoms with Gasteiger partial charge in [0.25, 0.3) is 5.91 Å². The number of carbonyl (C=O) groups excluding carboxylic acids is 2. The zero-order valence-corrected chi connectivity index (χ0v) is 23.6. The molecule has 1 atom stereocenters. The highest BCUT2D eigenvalue weighted by Crippen LogP contribution is 2.33. The van der Waals surface area contributed by atoms with E-state index >= 15 is 0 Å². The first-order valence-electron chi connectivity index (χ1n) is 13.4. The summed E-state index contributed by atoms with van der Waals surface area (Å²) in [6, 6.07) is 14.9. The number of ether oxygens (including phenoxy) is 5. The Kier molecular flexibility index (Phi) is 9.08. The molecule has 1 fully saturated rings. The van der Waals surface area contributed by atoms with Crippen LogP contribution in [0.5, 0.6) is 23.0 Å². The number of benzene rings is 2. The lowest BCUT2D eigenvalue weighted by molar-refractivity contribution is -0.132. The number of fused-ring (bicyclic) bond motifs is 1. The van der Waals surface area contributed by atoms with Gasteiger partial charge in [-0.15, -0.1) is 11.3 Å². The minimum Gasteiger partial charge on any atom is -0.493 e. The van der Waals surface area contributed by atoms with Gasteiger partial charge in [-0.2, -0.15) is 0 Å². The lowest BCUT2D eigenvalue weighted by Gasteiger charge is -2.29. The average molecular weight is 567 g/mol. The predicted octanol–water partition coefficient (Wildman–Crippen LogP) is 4.39. The Morgan fingerprint density at radius 3 is 2.60 bits per heavy atom. The summed E-state index contributed by atoms with van der Waals surface area (Å²) in [5.74, 6) is 2.08. The van der Waals surface area contributed by atoms with Crippen LogP contribution >= 0.6 is 11.3 Å². The molecule has 1 aromatic heterocycles. The van der Waals surface area contributed by atoms with Gasteiger partial charge in [-0.05, 0) is 66.6 Å². The first-order valence-corrected chi connectivity index (χ1v) is 14.2. The fourth-order valence-corrected chi connectivity index (χ4v) is 5.63. The SMILES string of the molecule is COc1ccc(CCN(Cc2cccs2)C(=O)CN(CC2CCCO2)C(=O)c2ccc3c(c2)OCO3)cc1OC. The highest BCUT2D eigenvalue weighted by atomic mass is 32.1. The quantitative estimate of drug-likeness (QED) is 0.322. The number of thiophene rings is 1. The Bertz CT molecular complexity index is 1310. The third-order valence-corrected chi connectivity index (χ3v) is 7.94. The molecule has 2 amide bonds. The molecular weight excluding hydrogens is 532 g/mol. The predicted molar refractivity (Wildman–Crippen MR) is 150 cm³/mol. The molecule has 0 radical (unpaired) electrons. The van der Waals surface area contributed by atoms with Gasteiger partial charge in [0.05, 0.1) is 26.9 Å². The minimum absolute atomic E-state index is 0.0511. The van der Waals surface area contributed by atoms with Crippen LogP contribution in [-0.4, -0.2) is 75.0 Å². The standard InChI is InChI=1S/C30H34N2O7S/c1-35-25-9-7-21(15-27(25)36-2)11-12-31(18-24-6-4-14-40-24)29(33)19-32(17-23-5-3-13-37-23)30(34)22-8-10-26-28(16-22)39-20-38-26/h4,6-10,14-16,23H,3,5,11-13,17-20H2,1-2H3. The van der Waals surface area contributed by atoms with Crippen molar-refractivity contribution in [3.8, 4) is 23.0 Å². The third kappa shape index (κ3) is 6.68. The van der Waals surface area contributed by atoms with Crippen molar-refractivity contribution in [2.24, 2.45) is 0 Å². The van der Waals surface area contributed by atoms with E-state index in [1.54, 1.807) is 48.7 Å². The molecule has 0 bridgehead atoms. The van der Waals surface area contributed by atoms with Crippen LogP contribution in [0.25, 0.3) is 0 Å². The fraction of sp³-hybridized carbons (Fsp3) is 0.400.